The molecule has 0 radical (unpaired) electrons. The quantitative estimate of drug-likeness (QED) is 0.0555. The summed E-state index contributed by atoms with van der Waals surface area (Å²) in [6.45, 7) is 7.81. The number of esters is 2. The number of aromatic nitrogens is 4. The molecule has 346 valence electrons. The molecule has 0 N–H and O–H groups in total. The van der Waals surface area contributed by atoms with Crippen LogP contribution in [0.15, 0.2) is 185 Å². The first-order valence-electron chi connectivity index (χ1n) is 22.6. The Morgan fingerprint density at radius 2 is 1.26 bits per heavy atom. The van der Waals surface area contributed by atoms with Gasteiger partial charge in [0, 0.05) is 5.56 Å². The number of imidazole rings is 1. The lowest BCUT2D eigenvalue weighted by atomic mass is 9.76. The third-order valence-electron chi connectivity index (χ3n) is 11.9. The maximum Gasteiger partial charge on any atom is 0.443 e. The van der Waals surface area contributed by atoms with Gasteiger partial charge >= 0.3 is 17.7 Å². The number of nitrogens with zero attached hydrogens (tertiary/aromatic N) is 4. The molecule has 2 aromatic heterocycles. The van der Waals surface area contributed by atoms with Crippen molar-refractivity contribution in [2.24, 2.45) is 5.41 Å². The zero-order valence-corrected chi connectivity index (χ0v) is 38.9. The molecule has 12 nitrogen and oxygen atoms in total. The number of para-hydroxylation sites is 1. The van der Waals surface area contributed by atoms with Gasteiger partial charge < -0.3 is 18.9 Å². The number of ether oxygens (including phenoxy) is 4. The fourth-order valence-corrected chi connectivity index (χ4v) is 8.62. The van der Waals surface area contributed by atoms with E-state index in [1.54, 1.807) is 55.7 Å². The largest absolute Gasteiger partial charge is 0.493 e. The van der Waals surface area contributed by atoms with E-state index >= 15 is 0 Å². The van der Waals surface area contributed by atoms with Gasteiger partial charge in [0.25, 0.3) is 6.01 Å². The van der Waals surface area contributed by atoms with Crippen molar-refractivity contribution < 1.29 is 33.1 Å². The lowest BCUT2D eigenvalue weighted by Crippen LogP contribution is -2.43. The van der Waals surface area contributed by atoms with E-state index in [1.807, 2.05) is 157 Å². The molecule has 9 aromatic rings. The van der Waals surface area contributed by atoms with E-state index < -0.39 is 28.6 Å². The smallest absolute Gasteiger partial charge is 0.443 e. The molecule has 2 heterocycles. The van der Waals surface area contributed by atoms with Gasteiger partial charge in [0.2, 0.25) is 0 Å². The summed E-state index contributed by atoms with van der Waals surface area (Å²) in [5.74, 6) is -0.590. The minimum atomic E-state index is -1.16. The third kappa shape index (κ3) is 8.92. The van der Waals surface area contributed by atoms with Crippen LogP contribution in [-0.2, 0) is 28.2 Å². The van der Waals surface area contributed by atoms with Gasteiger partial charge in [-0.05, 0) is 90.9 Å². The molecular weight excluding hydrogens is 869 g/mol. The van der Waals surface area contributed by atoms with Crippen LogP contribution < -0.4 is 20.0 Å². The first-order chi connectivity index (χ1) is 33.5. The van der Waals surface area contributed by atoms with Crippen LogP contribution in [0.5, 0.6) is 17.5 Å². The van der Waals surface area contributed by atoms with Gasteiger partial charge in [0.05, 0.1) is 42.3 Å². The molecular formula is C57H50N4O8. The summed E-state index contributed by atoms with van der Waals surface area (Å²) in [5, 5.41) is 4.51. The number of carbonyl (C=O) groups excluding carboxylic acids is 2. The van der Waals surface area contributed by atoms with Crippen LogP contribution in [0, 0.1) is 5.41 Å². The average Bonchev–Trinajstić information content (AvgIpc) is 3.94. The van der Waals surface area contributed by atoms with E-state index in [1.165, 1.54) is 7.11 Å². The molecule has 0 fully saturated rings. The van der Waals surface area contributed by atoms with Crippen LogP contribution in [0.25, 0.3) is 33.5 Å². The highest BCUT2D eigenvalue weighted by Gasteiger charge is 2.43. The highest BCUT2D eigenvalue weighted by molar-refractivity contribution is 6.02. The number of carbonyl (C=O) groups is 2. The fourth-order valence-electron chi connectivity index (χ4n) is 8.62. The summed E-state index contributed by atoms with van der Waals surface area (Å²) < 4.78 is 32.2. The van der Waals surface area contributed by atoms with Crippen LogP contribution in [-0.4, -0.2) is 44.9 Å². The molecule has 0 aliphatic rings. The first-order valence-corrected chi connectivity index (χ1v) is 22.6. The van der Waals surface area contributed by atoms with Crippen molar-refractivity contribution in [1.29, 1.82) is 0 Å². The van der Waals surface area contributed by atoms with Crippen molar-refractivity contribution in [2.75, 3.05) is 13.7 Å². The molecule has 69 heavy (non-hydrogen) atoms. The van der Waals surface area contributed by atoms with Gasteiger partial charge in [-0.2, -0.15) is 4.98 Å². The molecule has 0 spiro atoms. The van der Waals surface area contributed by atoms with Crippen LogP contribution in [0.3, 0.4) is 0 Å². The van der Waals surface area contributed by atoms with E-state index in [4.69, 9.17) is 28.5 Å². The van der Waals surface area contributed by atoms with Gasteiger partial charge in [0.1, 0.15) is 12.1 Å². The Balaban J connectivity index is 1.04. The first kappa shape index (κ1) is 45.6. The number of hydrogen-bond acceptors (Lipinski definition) is 10. The van der Waals surface area contributed by atoms with E-state index in [-0.39, 0.29) is 12.4 Å². The molecule has 0 saturated heterocycles. The summed E-state index contributed by atoms with van der Waals surface area (Å²) in [7, 11) is 1.48. The third-order valence-corrected chi connectivity index (χ3v) is 11.9. The number of rotatable bonds is 15. The lowest BCUT2D eigenvalue weighted by molar-refractivity contribution is -0.143. The molecule has 12 heteroatoms. The fraction of sp³-hybridized carbons (Fsp3) is 0.175. The number of benzene rings is 7. The van der Waals surface area contributed by atoms with Gasteiger partial charge in [-0.1, -0.05) is 157 Å². The molecule has 7 aromatic carbocycles. The zero-order chi connectivity index (χ0) is 48.1. The van der Waals surface area contributed by atoms with Crippen LogP contribution in [0.4, 0.5) is 0 Å². The summed E-state index contributed by atoms with van der Waals surface area (Å²) >= 11 is 0. The molecule has 0 unspecified atom stereocenters. The van der Waals surface area contributed by atoms with Gasteiger partial charge in [0.15, 0.2) is 17.3 Å². The zero-order valence-electron chi connectivity index (χ0n) is 38.9. The molecule has 0 bridgehead atoms. The predicted molar refractivity (Wildman–Crippen MR) is 263 cm³/mol. The SMILES string of the molecule is CCOc1nc2cccc(C(=O)OCc3ccc(OC(=O)C(C)(C)C)c(OC)c3)c2n1Cc1ccc(-c2ccccc2-c2noc(=O)n2C(c2ccccc2)(c2ccccc2)c2ccccc2)cc1. The number of hydrogen-bond donors (Lipinski definition) is 0. The summed E-state index contributed by atoms with van der Waals surface area (Å²) in [6.07, 6.45) is 0. The maximum atomic E-state index is 14.3. The molecule has 0 aliphatic heterocycles. The molecule has 0 saturated carbocycles. The minimum absolute atomic E-state index is 0.0648. The van der Waals surface area contributed by atoms with Crippen molar-refractivity contribution in [1.82, 2.24) is 19.3 Å². The second-order valence-corrected chi connectivity index (χ2v) is 17.4. The van der Waals surface area contributed by atoms with Crippen molar-refractivity contribution in [3.8, 4) is 40.0 Å². The van der Waals surface area contributed by atoms with Crippen LogP contribution in [0.1, 0.15) is 65.9 Å². The molecule has 0 atom stereocenters. The highest BCUT2D eigenvalue weighted by Crippen LogP contribution is 2.43. The molecule has 0 amide bonds. The second kappa shape index (κ2) is 19.4. The number of fused-ring (bicyclic) bond motifs is 1. The lowest BCUT2D eigenvalue weighted by Gasteiger charge is -2.37. The summed E-state index contributed by atoms with van der Waals surface area (Å²) in [6, 6.07) is 56.4. The Morgan fingerprint density at radius 1 is 0.667 bits per heavy atom. The average molecular weight is 919 g/mol. The van der Waals surface area contributed by atoms with Crippen molar-refractivity contribution in [3.63, 3.8) is 0 Å². The van der Waals surface area contributed by atoms with Gasteiger partial charge in [-0.15, -0.1) is 0 Å². The van der Waals surface area contributed by atoms with E-state index in [0.29, 0.717) is 58.5 Å². The van der Waals surface area contributed by atoms with Gasteiger partial charge in [-0.25, -0.2) is 14.2 Å². The Kier molecular flexibility index (Phi) is 12.8. The van der Waals surface area contributed by atoms with Crippen molar-refractivity contribution in [2.45, 2.75) is 46.4 Å². The van der Waals surface area contributed by atoms with E-state index in [0.717, 1.165) is 33.4 Å². The normalized spacial score (nSPS) is 11.6. The Hall–Kier alpha value is -8.51. The van der Waals surface area contributed by atoms with E-state index in [9.17, 15) is 14.4 Å². The highest BCUT2D eigenvalue weighted by atomic mass is 16.6. The molecule has 0 aliphatic carbocycles. The summed E-state index contributed by atoms with van der Waals surface area (Å²) in [4.78, 5) is 45.6. The summed E-state index contributed by atoms with van der Waals surface area (Å²) in [5.41, 5.74) is 6.12. The van der Waals surface area contributed by atoms with Crippen LogP contribution >= 0.6 is 0 Å². The second-order valence-electron chi connectivity index (χ2n) is 17.4. The maximum absolute atomic E-state index is 14.3. The van der Waals surface area contributed by atoms with E-state index in [2.05, 4.69) is 5.16 Å². The Labute approximate surface area is 399 Å². The van der Waals surface area contributed by atoms with Crippen molar-refractivity contribution in [3.05, 3.63) is 220 Å². The topological polar surface area (TPSA) is 137 Å². The minimum Gasteiger partial charge on any atom is -0.493 e. The Bertz CT molecular complexity index is 3220. The van der Waals surface area contributed by atoms with Gasteiger partial charge in [-0.3, -0.25) is 13.9 Å². The monoisotopic (exact) mass is 918 g/mol. The molecule has 9 rings (SSSR count). The van der Waals surface area contributed by atoms with Crippen molar-refractivity contribution >= 4 is 23.0 Å². The number of methoxy groups -OCH3 is 1. The predicted octanol–water partition coefficient (Wildman–Crippen LogP) is 11.1. The standard InChI is InChI=1S/C57H50N4O8/c1-6-66-54-58-47-28-18-27-46(52(62)67-37-39-31-34-48(49(35-39)65-5)68-53(63)56(2,3)4)50(47)60(54)36-38-29-32-40(33-30-38)44-25-16-17-26-45(44)51-59-69-55(64)61(51)57(41-19-10-7-11-20-41,42-21-12-8-13-22-42)43-23-14-9-15-24-43/h7-35H,6,36-37H2,1-5H3. The van der Waals surface area contributed by atoms with Crippen LogP contribution in [0.2, 0.25) is 0 Å². The Morgan fingerprint density at radius 3 is 1.86 bits per heavy atom.